The molecule has 130 valence electrons. The van der Waals surface area contributed by atoms with Gasteiger partial charge in [-0.05, 0) is 43.9 Å². The highest BCUT2D eigenvalue weighted by Gasteiger charge is 2.12. The predicted octanol–water partition coefficient (Wildman–Crippen LogP) is 2.90. The second-order valence-corrected chi connectivity index (χ2v) is 5.82. The zero-order valence-electron chi connectivity index (χ0n) is 14.8. The van der Waals surface area contributed by atoms with Crippen molar-refractivity contribution >= 4 is 5.96 Å². The Balaban J connectivity index is 2.52. The maximum absolute atomic E-state index is 9.49. The van der Waals surface area contributed by atoms with E-state index >= 15 is 0 Å². The molecule has 23 heavy (non-hydrogen) atoms. The zero-order valence-corrected chi connectivity index (χ0v) is 14.8. The molecule has 1 unspecified atom stereocenters. The first kappa shape index (κ1) is 19.3. The van der Waals surface area contributed by atoms with E-state index in [2.05, 4.69) is 29.5 Å². The first-order chi connectivity index (χ1) is 11.1. The van der Waals surface area contributed by atoms with Crippen LogP contribution in [-0.4, -0.2) is 36.9 Å². The first-order valence-electron chi connectivity index (χ1n) is 8.48. The molecule has 0 saturated heterocycles. The lowest BCUT2D eigenvalue weighted by Crippen LogP contribution is -2.39. The average Bonchev–Trinajstić information content (AvgIpc) is 2.51. The molecule has 0 heterocycles. The van der Waals surface area contributed by atoms with E-state index in [1.165, 1.54) is 0 Å². The highest BCUT2D eigenvalue weighted by molar-refractivity contribution is 5.79. The van der Waals surface area contributed by atoms with Crippen LogP contribution in [0.4, 0.5) is 0 Å². The molecule has 0 aliphatic carbocycles. The minimum Gasteiger partial charge on any atom is -0.508 e. The van der Waals surface area contributed by atoms with Crippen LogP contribution in [0, 0.1) is 5.92 Å². The summed E-state index contributed by atoms with van der Waals surface area (Å²) in [4.78, 5) is 4.56. The average molecular weight is 321 g/mol. The molecule has 5 heteroatoms. The summed E-state index contributed by atoms with van der Waals surface area (Å²) >= 11 is 0. The first-order valence-corrected chi connectivity index (χ1v) is 8.48. The number of nitrogens with one attached hydrogen (secondary N) is 2. The molecule has 0 radical (unpaired) electrons. The summed E-state index contributed by atoms with van der Waals surface area (Å²) in [5.41, 5.74) is 0.983. The second-order valence-electron chi connectivity index (χ2n) is 5.82. The van der Waals surface area contributed by atoms with Gasteiger partial charge in [0.05, 0.1) is 12.6 Å². The lowest BCUT2D eigenvalue weighted by Gasteiger charge is -2.21. The molecule has 0 aromatic heterocycles. The summed E-state index contributed by atoms with van der Waals surface area (Å²) in [6, 6.07) is 7.18. The molecular formula is C18H31N3O2. The smallest absolute Gasteiger partial charge is 0.191 e. The highest BCUT2D eigenvalue weighted by Crippen LogP contribution is 2.12. The molecule has 5 nitrogen and oxygen atoms in total. The molecule has 0 fully saturated rings. The maximum Gasteiger partial charge on any atom is 0.191 e. The van der Waals surface area contributed by atoms with Gasteiger partial charge in [0.25, 0.3) is 0 Å². The molecular weight excluding hydrogens is 290 g/mol. The summed E-state index contributed by atoms with van der Waals surface area (Å²) in [5.74, 6) is 1.56. The van der Waals surface area contributed by atoms with Gasteiger partial charge in [-0.15, -0.1) is 0 Å². The van der Waals surface area contributed by atoms with Crippen LogP contribution in [0.1, 0.15) is 39.7 Å². The molecule has 0 aliphatic rings. The number of rotatable bonds is 9. The van der Waals surface area contributed by atoms with Crippen LogP contribution < -0.4 is 10.6 Å². The topological polar surface area (TPSA) is 65.9 Å². The van der Waals surface area contributed by atoms with Gasteiger partial charge in [-0.3, -0.25) is 0 Å². The quantitative estimate of drug-likeness (QED) is 0.483. The van der Waals surface area contributed by atoms with Gasteiger partial charge >= 0.3 is 0 Å². The Morgan fingerprint density at radius 1 is 1.26 bits per heavy atom. The molecule has 1 atom stereocenters. The maximum atomic E-state index is 9.49. The molecule has 0 amide bonds. The normalized spacial score (nSPS) is 13.2. The SMILES string of the molecule is CCNC(=NCc1cccc(O)c1)NCCC(OCC)C(C)C. The van der Waals surface area contributed by atoms with Crippen LogP contribution in [0.15, 0.2) is 29.3 Å². The Hall–Kier alpha value is -1.75. The number of phenolic OH excluding ortho intramolecular Hbond substituents is 1. The van der Waals surface area contributed by atoms with Crippen molar-refractivity contribution in [2.45, 2.75) is 46.8 Å². The Kier molecular flexibility index (Phi) is 9.14. The van der Waals surface area contributed by atoms with Crippen molar-refractivity contribution in [2.75, 3.05) is 19.7 Å². The molecule has 0 aliphatic heterocycles. The van der Waals surface area contributed by atoms with E-state index in [0.29, 0.717) is 12.5 Å². The monoisotopic (exact) mass is 321 g/mol. The standard InChI is InChI=1S/C18H31N3O2/c1-5-19-18(20-11-10-17(14(3)4)23-6-2)21-13-15-8-7-9-16(22)12-15/h7-9,12,14,17,22H,5-6,10-11,13H2,1-4H3,(H2,19,20,21). The van der Waals surface area contributed by atoms with Crippen LogP contribution >= 0.6 is 0 Å². The van der Waals surface area contributed by atoms with Gasteiger partial charge in [0.2, 0.25) is 0 Å². The van der Waals surface area contributed by atoms with Crippen molar-refractivity contribution in [1.29, 1.82) is 0 Å². The van der Waals surface area contributed by atoms with Gasteiger partial charge in [-0.2, -0.15) is 0 Å². The minimum atomic E-state index is 0.265. The third-order valence-corrected chi connectivity index (χ3v) is 3.52. The lowest BCUT2D eigenvalue weighted by molar-refractivity contribution is 0.0258. The van der Waals surface area contributed by atoms with Gasteiger partial charge in [0.1, 0.15) is 5.75 Å². The number of ether oxygens (including phenoxy) is 1. The van der Waals surface area contributed by atoms with E-state index in [1.54, 1.807) is 12.1 Å². The fraction of sp³-hybridized carbons (Fsp3) is 0.611. The van der Waals surface area contributed by atoms with Gasteiger partial charge in [0, 0.05) is 19.7 Å². The lowest BCUT2D eigenvalue weighted by atomic mass is 10.0. The Bertz CT molecular complexity index is 475. The Labute approximate surface area is 140 Å². The van der Waals surface area contributed by atoms with Crippen molar-refractivity contribution in [2.24, 2.45) is 10.9 Å². The van der Waals surface area contributed by atoms with Gasteiger partial charge in [-0.25, -0.2) is 4.99 Å². The summed E-state index contributed by atoms with van der Waals surface area (Å²) in [7, 11) is 0. The van der Waals surface area contributed by atoms with Crippen LogP contribution in [0.3, 0.4) is 0 Å². The minimum absolute atomic E-state index is 0.265. The van der Waals surface area contributed by atoms with Crippen molar-refractivity contribution in [1.82, 2.24) is 10.6 Å². The van der Waals surface area contributed by atoms with E-state index in [9.17, 15) is 5.11 Å². The van der Waals surface area contributed by atoms with Crippen molar-refractivity contribution in [3.8, 4) is 5.75 Å². The third-order valence-electron chi connectivity index (χ3n) is 3.52. The number of hydrogen-bond donors (Lipinski definition) is 3. The molecule has 1 aromatic carbocycles. The molecule has 1 rings (SSSR count). The van der Waals surface area contributed by atoms with Crippen molar-refractivity contribution < 1.29 is 9.84 Å². The molecule has 3 N–H and O–H groups in total. The second kappa shape index (κ2) is 10.9. The largest absolute Gasteiger partial charge is 0.508 e. The Morgan fingerprint density at radius 3 is 2.65 bits per heavy atom. The van der Waals surface area contributed by atoms with E-state index < -0.39 is 0 Å². The molecule has 1 aromatic rings. The fourth-order valence-corrected chi connectivity index (χ4v) is 2.32. The number of guanidine groups is 1. The van der Waals surface area contributed by atoms with E-state index in [0.717, 1.165) is 37.6 Å². The number of benzene rings is 1. The van der Waals surface area contributed by atoms with E-state index in [1.807, 2.05) is 26.0 Å². The van der Waals surface area contributed by atoms with Gasteiger partial charge < -0.3 is 20.5 Å². The zero-order chi connectivity index (χ0) is 17.1. The van der Waals surface area contributed by atoms with Crippen LogP contribution in [0.25, 0.3) is 0 Å². The summed E-state index contributed by atoms with van der Waals surface area (Å²) < 4.78 is 5.76. The number of phenols is 1. The Morgan fingerprint density at radius 2 is 2.04 bits per heavy atom. The highest BCUT2D eigenvalue weighted by atomic mass is 16.5. The number of nitrogens with zero attached hydrogens (tertiary/aromatic N) is 1. The predicted molar refractivity (Wildman–Crippen MR) is 95.8 cm³/mol. The van der Waals surface area contributed by atoms with E-state index in [-0.39, 0.29) is 11.9 Å². The summed E-state index contributed by atoms with van der Waals surface area (Å²) in [5, 5.41) is 16.1. The number of aromatic hydroxyl groups is 1. The third kappa shape index (κ3) is 7.88. The molecule has 0 bridgehead atoms. The summed E-state index contributed by atoms with van der Waals surface area (Å²) in [6.07, 6.45) is 1.21. The number of aliphatic imine (C=N–C) groups is 1. The van der Waals surface area contributed by atoms with E-state index in [4.69, 9.17) is 4.74 Å². The van der Waals surface area contributed by atoms with Crippen molar-refractivity contribution in [3.05, 3.63) is 29.8 Å². The van der Waals surface area contributed by atoms with Crippen LogP contribution in [-0.2, 0) is 11.3 Å². The fourth-order valence-electron chi connectivity index (χ4n) is 2.32. The van der Waals surface area contributed by atoms with Gasteiger partial charge in [-0.1, -0.05) is 26.0 Å². The van der Waals surface area contributed by atoms with Crippen LogP contribution in [0.5, 0.6) is 5.75 Å². The number of hydrogen-bond acceptors (Lipinski definition) is 3. The van der Waals surface area contributed by atoms with Crippen LogP contribution in [0.2, 0.25) is 0 Å². The summed E-state index contributed by atoms with van der Waals surface area (Å²) in [6.45, 7) is 11.3. The van der Waals surface area contributed by atoms with Crippen molar-refractivity contribution in [3.63, 3.8) is 0 Å². The van der Waals surface area contributed by atoms with Gasteiger partial charge in [0.15, 0.2) is 5.96 Å². The molecule has 0 saturated carbocycles. The molecule has 0 spiro atoms.